The highest BCUT2D eigenvalue weighted by Gasteiger charge is 2.28. The van der Waals surface area contributed by atoms with Gasteiger partial charge >= 0.3 is 0 Å². The molecule has 1 heterocycles. The molecule has 0 bridgehead atoms. The molecular formula is C19H18F3N3O3S. The van der Waals surface area contributed by atoms with E-state index in [0.717, 1.165) is 10.7 Å². The zero-order valence-corrected chi connectivity index (χ0v) is 16.4. The van der Waals surface area contributed by atoms with Crippen LogP contribution in [0, 0.1) is 5.82 Å². The van der Waals surface area contributed by atoms with Gasteiger partial charge in [0.15, 0.2) is 17.4 Å². The highest BCUT2D eigenvalue weighted by atomic mass is 32.2. The van der Waals surface area contributed by atoms with E-state index in [0.29, 0.717) is 0 Å². The van der Waals surface area contributed by atoms with Gasteiger partial charge in [0.1, 0.15) is 5.69 Å². The van der Waals surface area contributed by atoms with Crippen LogP contribution in [0.25, 0.3) is 11.1 Å². The Bertz CT molecular complexity index is 1120. The molecule has 0 saturated carbocycles. The molecular weight excluding hydrogens is 407 g/mol. The van der Waals surface area contributed by atoms with E-state index >= 15 is 0 Å². The molecule has 10 heteroatoms. The van der Waals surface area contributed by atoms with Gasteiger partial charge in [-0.25, -0.2) is 21.6 Å². The predicted molar refractivity (Wildman–Crippen MR) is 102 cm³/mol. The number of benzene rings is 2. The molecule has 0 aliphatic rings. The smallest absolute Gasteiger partial charge is 0.280 e. The van der Waals surface area contributed by atoms with Crippen LogP contribution in [-0.2, 0) is 16.6 Å². The van der Waals surface area contributed by atoms with Crippen LogP contribution in [0.2, 0.25) is 0 Å². The minimum absolute atomic E-state index is 0.0454. The fourth-order valence-electron chi connectivity index (χ4n) is 2.90. The summed E-state index contributed by atoms with van der Waals surface area (Å²) in [6.07, 6.45) is -2.96. The molecule has 3 rings (SSSR count). The Morgan fingerprint density at radius 3 is 2.41 bits per heavy atom. The standard InChI is InChI=1S/C19H18F3N3O3S/c1-3-25-17(18(21)22)16(12-9-10-15(28-2)14(20)11-12)19(23-25)24-29(26,27)13-7-5-4-6-8-13/h4-11,18H,3H2,1-2H3,(H,23,24). The van der Waals surface area contributed by atoms with Crippen molar-refractivity contribution < 1.29 is 26.3 Å². The van der Waals surface area contributed by atoms with Crippen LogP contribution >= 0.6 is 0 Å². The second-order valence-corrected chi connectivity index (χ2v) is 7.68. The number of ether oxygens (including phenoxy) is 1. The van der Waals surface area contributed by atoms with Crippen LogP contribution in [0.4, 0.5) is 19.0 Å². The van der Waals surface area contributed by atoms with Crippen LogP contribution in [0.3, 0.4) is 0 Å². The van der Waals surface area contributed by atoms with Gasteiger partial charge in [-0.1, -0.05) is 24.3 Å². The van der Waals surface area contributed by atoms with Crippen LogP contribution in [0.15, 0.2) is 53.4 Å². The maximum absolute atomic E-state index is 14.2. The first-order chi connectivity index (χ1) is 13.8. The fraction of sp³-hybridized carbons (Fsp3) is 0.211. The number of hydrogen-bond acceptors (Lipinski definition) is 4. The van der Waals surface area contributed by atoms with Gasteiger partial charge < -0.3 is 4.74 Å². The van der Waals surface area contributed by atoms with Crippen LogP contribution in [0.5, 0.6) is 5.75 Å². The highest BCUT2D eigenvalue weighted by Crippen LogP contribution is 2.39. The van der Waals surface area contributed by atoms with Crippen molar-refractivity contribution in [2.45, 2.75) is 24.8 Å². The minimum Gasteiger partial charge on any atom is -0.494 e. The van der Waals surface area contributed by atoms with Crippen molar-refractivity contribution in [3.63, 3.8) is 0 Å². The lowest BCUT2D eigenvalue weighted by Gasteiger charge is -2.11. The van der Waals surface area contributed by atoms with Gasteiger partial charge in [0.05, 0.1) is 17.6 Å². The Morgan fingerprint density at radius 2 is 1.86 bits per heavy atom. The quantitative estimate of drug-likeness (QED) is 0.607. The van der Waals surface area contributed by atoms with E-state index in [1.54, 1.807) is 13.0 Å². The van der Waals surface area contributed by atoms with Crippen molar-refractivity contribution in [1.29, 1.82) is 0 Å². The summed E-state index contributed by atoms with van der Waals surface area (Å²) in [4.78, 5) is -0.0588. The lowest BCUT2D eigenvalue weighted by Crippen LogP contribution is -2.14. The molecule has 0 aliphatic carbocycles. The predicted octanol–water partition coefficient (Wildman–Crippen LogP) is 4.46. The summed E-state index contributed by atoms with van der Waals surface area (Å²) in [7, 11) is -2.82. The summed E-state index contributed by atoms with van der Waals surface area (Å²) in [6.45, 7) is 1.66. The highest BCUT2D eigenvalue weighted by molar-refractivity contribution is 7.92. The molecule has 0 fully saturated rings. The Morgan fingerprint density at radius 1 is 1.17 bits per heavy atom. The van der Waals surface area contributed by atoms with Gasteiger partial charge in [-0.05, 0) is 36.8 Å². The summed E-state index contributed by atoms with van der Waals surface area (Å²) in [5.74, 6) is -1.15. The molecule has 3 aromatic rings. The van der Waals surface area contributed by atoms with Crippen molar-refractivity contribution in [3.05, 3.63) is 60.0 Å². The molecule has 1 aromatic heterocycles. The van der Waals surface area contributed by atoms with Crippen molar-refractivity contribution >= 4 is 15.8 Å². The molecule has 154 valence electrons. The molecule has 0 aliphatic heterocycles. The van der Waals surface area contributed by atoms with E-state index in [1.807, 2.05) is 0 Å². The van der Waals surface area contributed by atoms with E-state index in [1.165, 1.54) is 43.5 Å². The lowest BCUT2D eigenvalue weighted by molar-refractivity contribution is 0.140. The first kappa shape index (κ1) is 20.7. The average Bonchev–Trinajstić information content (AvgIpc) is 3.06. The molecule has 29 heavy (non-hydrogen) atoms. The molecule has 0 spiro atoms. The molecule has 0 saturated heterocycles. The van der Waals surface area contributed by atoms with E-state index in [-0.39, 0.29) is 34.1 Å². The van der Waals surface area contributed by atoms with Crippen LogP contribution in [-0.4, -0.2) is 25.3 Å². The number of aromatic nitrogens is 2. The summed E-state index contributed by atoms with van der Waals surface area (Å²) in [6, 6.07) is 11.1. The zero-order valence-electron chi connectivity index (χ0n) is 15.6. The SMILES string of the molecule is CCn1nc(NS(=O)(=O)c2ccccc2)c(-c2ccc(OC)c(F)c2)c1C(F)F. The number of alkyl halides is 2. The van der Waals surface area contributed by atoms with Crippen LogP contribution < -0.4 is 9.46 Å². The van der Waals surface area contributed by atoms with E-state index in [9.17, 15) is 21.6 Å². The molecule has 6 nitrogen and oxygen atoms in total. The number of rotatable bonds is 7. The second kappa shape index (κ2) is 8.16. The second-order valence-electron chi connectivity index (χ2n) is 5.99. The number of nitrogens with zero attached hydrogens (tertiary/aromatic N) is 2. The number of sulfonamides is 1. The third kappa shape index (κ3) is 4.07. The molecule has 0 unspecified atom stereocenters. The lowest BCUT2D eigenvalue weighted by atomic mass is 10.0. The van der Waals surface area contributed by atoms with E-state index < -0.39 is 28.0 Å². The van der Waals surface area contributed by atoms with E-state index in [4.69, 9.17) is 4.74 Å². The van der Waals surface area contributed by atoms with E-state index in [2.05, 4.69) is 9.82 Å². The summed E-state index contributed by atoms with van der Waals surface area (Å²) >= 11 is 0. The number of halogens is 3. The van der Waals surface area contributed by atoms with Crippen molar-refractivity contribution in [2.75, 3.05) is 11.8 Å². The van der Waals surface area contributed by atoms with Crippen LogP contribution in [0.1, 0.15) is 19.0 Å². The topological polar surface area (TPSA) is 73.2 Å². The Balaban J connectivity index is 2.19. The number of nitrogens with one attached hydrogen (secondary N) is 1. The molecule has 0 atom stereocenters. The summed E-state index contributed by atoms with van der Waals surface area (Å²) in [5, 5.41) is 4.00. The average molecular weight is 425 g/mol. The molecule has 0 amide bonds. The number of anilines is 1. The Hall–Kier alpha value is -3.01. The van der Waals surface area contributed by atoms with Crippen molar-refractivity contribution in [1.82, 2.24) is 9.78 Å². The van der Waals surface area contributed by atoms with Gasteiger partial charge in [0.2, 0.25) is 0 Å². The summed E-state index contributed by atoms with van der Waals surface area (Å²) < 4.78 is 75.3. The Kier molecular flexibility index (Phi) is 5.83. The monoisotopic (exact) mass is 425 g/mol. The van der Waals surface area contributed by atoms with Gasteiger partial charge in [0, 0.05) is 6.54 Å². The van der Waals surface area contributed by atoms with Gasteiger partial charge in [0.25, 0.3) is 16.4 Å². The van der Waals surface area contributed by atoms with Gasteiger partial charge in [-0.2, -0.15) is 5.10 Å². The molecule has 0 radical (unpaired) electrons. The number of hydrogen-bond donors (Lipinski definition) is 1. The minimum atomic E-state index is -4.09. The maximum Gasteiger partial charge on any atom is 0.280 e. The van der Waals surface area contributed by atoms with Gasteiger partial charge in [-0.3, -0.25) is 9.40 Å². The third-order valence-electron chi connectivity index (χ3n) is 4.22. The maximum atomic E-state index is 14.2. The molecule has 1 N–H and O–H groups in total. The Labute approximate surface area is 166 Å². The first-order valence-corrected chi connectivity index (χ1v) is 10.1. The normalized spacial score (nSPS) is 11.7. The zero-order chi connectivity index (χ0) is 21.2. The number of aryl methyl sites for hydroxylation is 1. The largest absolute Gasteiger partial charge is 0.494 e. The third-order valence-corrected chi connectivity index (χ3v) is 5.58. The fourth-order valence-corrected chi connectivity index (χ4v) is 3.93. The summed E-state index contributed by atoms with van der Waals surface area (Å²) in [5.41, 5.74) is -0.658. The molecule has 2 aromatic carbocycles. The van der Waals surface area contributed by atoms with Crippen molar-refractivity contribution in [3.8, 4) is 16.9 Å². The number of methoxy groups -OCH3 is 1. The van der Waals surface area contributed by atoms with Gasteiger partial charge in [-0.15, -0.1) is 0 Å². The first-order valence-electron chi connectivity index (χ1n) is 8.59. The van der Waals surface area contributed by atoms with Crippen molar-refractivity contribution in [2.24, 2.45) is 0 Å².